The van der Waals surface area contributed by atoms with E-state index < -0.39 is 0 Å². The lowest BCUT2D eigenvalue weighted by atomic mass is 10.1. The van der Waals surface area contributed by atoms with Crippen molar-refractivity contribution in [3.8, 4) is 0 Å². The molecule has 1 amide bonds. The lowest BCUT2D eigenvalue weighted by Crippen LogP contribution is -2.25. The number of halogens is 2. The molecule has 1 rings (SSSR count). The maximum atomic E-state index is 11.9. The van der Waals surface area contributed by atoms with E-state index in [9.17, 15) is 4.79 Å². The van der Waals surface area contributed by atoms with E-state index in [1.54, 1.807) is 0 Å². The Morgan fingerprint density at radius 1 is 1.39 bits per heavy atom. The zero-order chi connectivity index (χ0) is 13.4. The monoisotopic (exact) mass is 377 g/mol. The number of hydrogen-bond donors (Lipinski definition) is 1. The zero-order valence-electron chi connectivity index (χ0n) is 10.3. The number of nitrogens with one attached hydrogen (secondary N) is 1. The van der Waals surface area contributed by atoms with Crippen molar-refractivity contribution in [1.29, 1.82) is 0 Å². The van der Waals surface area contributed by atoms with Crippen molar-refractivity contribution in [3.63, 3.8) is 0 Å². The second-order valence-corrected chi connectivity index (χ2v) is 5.54. The highest BCUT2D eigenvalue weighted by Gasteiger charge is 2.09. The molecule has 0 unspecified atom stereocenters. The van der Waals surface area contributed by atoms with Gasteiger partial charge in [0.15, 0.2) is 0 Å². The Hall–Kier alpha value is -0.390. The Labute approximate surface area is 125 Å². The van der Waals surface area contributed by atoms with E-state index in [-0.39, 0.29) is 5.91 Å². The van der Waals surface area contributed by atoms with Gasteiger partial charge in [-0.2, -0.15) is 0 Å². The number of carbonyl (C=O) groups is 1. The molecule has 0 saturated heterocycles. The van der Waals surface area contributed by atoms with Crippen LogP contribution in [0, 0.1) is 6.92 Å². The van der Waals surface area contributed by atoms with Crippen LogP contribution in [0.1, 0.15) is 22.3 Å². The van der Waals surface area contributed by atoms with E-state index in [4.69, 9.17) is 4.74 Å². The molecule has 3 nitrogen and oxygen atoms in total. The summed E-state index contributed by atoms with van der Waals surface area (Å²) in [7, 11) is 0. The quantitative estimate of drug-likeness (QED) is 0.584. The van der Waals surface area contributed by atoms with Crippen LogP contribution in [0.3, 0.4) is 0 Å². The molecular formula is C13H17Br2NO2. The number of alkyl halides is 1. The van der Waals surface area contributed by atoms with Gasteiger partial charge in [0, 0.05) is 23.0 Å². The fourth-order valence-electron chi connectivity index (χ4n) is 1.44. The first-order chi connectivity index (χ1) is 8.65. The molecule has 1 N–H and O–H groups in total. The van der Waals surface area contributed by atoms with Crippen LogP contribution in [0.2, 0.25) is 0 Å². The molecule has 0 radical (unpaired) electrons. The van der Waals surface area contributed by atoms with E-state index in [1.807, 2.05) is 25.1 Å². The van der Waals surface area contributed by atoms with Crippen molar-refractivity contribution in [2.24, 2.45) is 0 Å². The van der Waals surface area contributed by atoms with Crippen LogP contribution >= 0.6 is 31.9 Å². The van der Waals surface area contributed by atoms with E-state index >= 15 is 0 Å². The Balaban J connectivity index is 2.34. The van der Waals surface area contributed by atoms with Crippen molar-refractivity contribution < 1.29 is 9.53 Å². The fourth-order valence-corrected chi connectivity index (χ4v) is 2.10. The minimum atomic E-state index is -0.0499. The van der Waals surface area contributed by atoms with Crippen LogP contribution in [-0.4, -0.2) is 31.0 Å². The summed E-state index contributed by atoms with van der Waals surface area (Å²) < 4.78 is 6.13. The topological polar surface area (TPSA) is 38.3 Å². The average molecular weight is 379 g/mol. The van der Waals surface area contributed by atoms with E-state index in [1.165, 1.54) is 0 Å². The summed E-state index contributed by atoms with van der Waals surface area (Å²) in [5.41, 5.74) is 1.75. The molecule has 0 heterocycles. The molecule has 0 fully saturated rings. The summed E-state index contributed by atoms with van der Waals surface area (Å²) in [6.45, 7) is 3.97. The van der Waals surface area contributed by atoms with Crippen molar-refractivity contribution >= 4 is 37.8 Å². The molecular weight excluding hydrogens is 362 g/mol. The van der Waals surface area contributed by atoms with Gasteiger partial charge in [0.25, 0.3) is 5.91 Å². The molecule has 0 bridgehead atoms. The van der Waals surface area contributed by atoms with Crippen molar-refractivity contribution in [1.82, 2.24) is 5.32 Å². The van der Waals surface area contributed by atoms with Gasteiger partial charge in [-0.05, 0) is 41.4 Å². The van der Waals surface area contributed by atoms with Crippen molar-refractivity contribution in [3.05, 3.63) is 33.8 Å². The summed E-state index contributed by atoms with van der Waals surface area (Å²) in [6, 6.07) is 5.74. The molecule has 100 valence electrons. The molecule has 0 aliphatic heterocycles. The van der Waals surface area contributed by atoms with Gasteiger partial charge in [0.2, 0.25) is 0 Å². The van der Waals surface area contributed by atoms with E-state index in [2.05, 4.69) is 37.2 Å². The van der Waals surface area contributed by atoms with Gasteiger partial charge in [0.05, 0.1) is 12.2 Å². The SMILES string of the molecule is Cc1ccc(Br)c(C(=O)NCCCOCCBr)c1. The minimum Gasteiger partial charge on any atom is -0.381 e. The lowest BCUT2D eigenvalue weighted by molar-refractivity contribution is 0.0944. The third-order valence-corrected chi connectivity index (χ3v) is 3.35. The number of amides is 1. The Morgan fingerprint density at radius 3 is 2.89 bits per heavy atom. The van der Waals surface area contributed by atoms with Crippen LogP contribution in [0.15, 0.2) is 22.7 Å². The fraction of sp³-hybridized carbons (Fsp3) is 0.462. The Bertz CT molecular complexity index is 397. The third-order valence-electron chi connectivity index (χ3n) is 2.34. The molecule has 0 saturated carbocycles. The number of benzene rings is 1. The van der Waals surface area contributed by atoms with Crippen molar-refractivity contribution in [2.45, 2.75) is 13.3 Å². The number of hydrogen-bond acceptors (Lipinski definition) is 2. The molecule has 0 spiro atoms. The predicted octanol–water partition coefficient (Wildman–Crippen LogP) is 3.29. The first-order valence-electron chi connectivity index (χ1n) is 5.83. The molecule has 0 aliphatic carbocycles. The number of ether oxygens (including phenoxy) is 1. The summed E-state index contributed by atoms with van der Waals surface area (Å²) in [6.07, 6.45) is 0.822. The van der Waals surface area contributed by atoms with Gasteiger partial charge in [-0.25, -0.2) is 0 Å². The molecule has 0 aliphatic rings. The molecule has 5 heteroatoms. The van der Waals surface area contributed by atoms with E-state index in [0.29, 0.717) is 25.3 Å². The van der Waals surface area contributed by atoms with Crippen LogP contribution in [0.25, 0.3) is 0 Å². The second kappa shape index (κ2) is 8.67. The number of aryl methyl sites for hydroxylation is 1. The van der Waals surface area contributed by atoms with Gasteiger partial charge < -0.3 is 10.1 Å². The van der Waals surface area contributed by atoms with Crippen molar-refractivity contribution in [2.75, 3.05) is 25.1 Å². The highest BCUT2D eigenvalue weighted by atomic mass is 79.9. The Kier molecular flexibility index (Phi) is 7.54. The van der Waals surface area contributed by atoms with Crippen LogP contribution < -0.4 is 5.32 Å². The molecule has 1 aromatic carbocycles. The highest BCUT2D eigenvalue weighted by Crippen LogP contribution is 2.17. The molecule has 18 heavy (non-hydrogen) atoms. The summed E-state index contributed by atoms with van der Waals surface area (Å²) >= 11 is 6.67. The Morgan fingerprint density at radius 2 is 2.17 bits per heavy atom. The highest BCUT2D eigenvalue weighted by molar-refractivity contribution is 9.10. The number of carbonyl (C=O) groups excluding carboxylic acids is 1. The predicted molar refractivity (Wildman–Crippen MR) is 80.4 cm³/mol. The molecule has 0 aromatic heterocycles. The smallest absolute Gasteiger partial charge is 0.252 e. The van der Waals surface area contributed by atoms with Crippen LogP contribution in [-0.2, 0) is 4.74 Å². The number of rotatable bonds is 7. The molecule has 0 atom stereocenters. The first-order valence-corrected chi connectivity index (χ1v) is 7.74. The van der Waals surface area contributed by atoms with Gasteiger partial charge >= 0.3 is 0 Å². The van der Waals surface area contributed by atoms with Gasteiger partial charge in [-0.15, -0.1) is 0 Å². The van der Waals surface area contributed by atoms with E-state index in [0.717, 1.165) is 21.8 Å². The summed E-state index contributed by atoms with van der Waals surface area (Å²) in [4.78, 5) is 11.9. The average Bonchev–Trinajstić information content (AvgIpc) is 2.36. The van der Waals surface area contributed by atoms with Crippen LogP contribution in [0.4, 0.5) is 0 Å². The normalized spacial score (nSPS) is 10.4. The summed E-state index contributed by atoms with van der Waals surface area (Å²) in [5.74, 6) is -0.0499. The third kappa shape index (κ3) is 5.50. The maximum absolute atomic E-state index is 11.9. The van der Waals surface area contributed by atoms with Crippen LogP contribution in [0.5, 0.6) is 0 Å². The van der Waals surface area contributed by atoms with Gasteiger partial charge in [-0.3, -0.25) is 4.79 Å². The first kappa shape index (κ1) is 15.7. The lowest BCUT2D eigenvalue weighted by Gasteiger charge is -2.08. The van der Waals surface area contributed by atoms with Gasteiger partial charge in [0.1, 0.15) is 0 Å². The molecule has 1 aromatic rings. The van der Waals surface area contributed by atoms with Gasteiger partial charge in [-0.1, -0.05) is 27.6 Å². The summed E-state index contributed by atoms with van der Waals surface area (Å²) in [5, 5.41) is 3.73. The largest absolute Gasteiger partial charge is 0.381 e. The minimum absolute atomic E-state index is 0.0499. The maximum Gasteiger partial charge on any atom is 0.252 e. The standard InChI is InChI=1S/C13H17Br2NO2/c1-10-3-4-12(15)11(9-10)13(17)16-6-2-7-18-8-5-14/h3-4,9H,2,5-8H2,1H3,(H,16,17). The second-order valence-electron chi connectivity index (χ2n) is 3.89. The zero-order valence-corrected chi connectivity index (χ0v) is 13.5.